The molecule has 0 aliphatic carbocycles. The number of carbonyl (C=O) groups is 3. The Kier molecular flexibility index (Phi) is 13.4. The average Bonchev–Trinajstić information content (AvgIpc) is 2.82. The van der Waals surface area contributed by atoms with Gasteiger partial charge >= 0.3 is 11.9 Å². The minimum atomic E-state index is -1.16. The summed E-state index contributed by atoms with van der Waals surface area (Å²) in [6.07, 6.45) is 0.338. The second-order valence-corrected chi connectivity index (χ2v) is 4.99. The van der Waals surface area contributed by atoms with Gasteiger partial charge in [-0.2, -0.15) is 0 Å². The number of carboxylic acids is 1. The van der Waals surface area contributed by atoms with Crippen molar-refractivity contribution in [3.05, 3.63) is 10.6 Å². The summed E-state index contributed by atoms with van der Waals surface area (Å²) in [5.41, 5.74) is -0.0486. The predicted octanol–water partition coefficient (Wildman–Crippen LogP) is 2.20. The molecular formula is C15H27NO6S. The Morgan fingerprint density at radius 3 is 2.13 bits per heavy atom. The maximum Gasteiger partial charge on any atom is 0.353 e. The molecule has 8 heteroatoms. The molecule has 1 amide bonds. The number of β-lactam (4-membered cyclic amide) rings is 1. The number of fused-ring (bicyclic) bond motifs is 1. The number of amides is 1. The van der Waals surface area contributed by atoms with Crippen LogP contribution < -0.4 is 0 Å². The van der Waals surface area contributed by atoms with Gasteiger partial charge in [0, 0.05) is 13.5 Å². The number of hydrogen-bond donors (Lipinski definition) is 2. The van der Waals surface area contributed by atoms with Gasteiger partial charge in [-0.05, 0) is 6.92 Å². The highest BCUT2D eigenvalue weighted by atomic mass is 32.2. The van der Waals surface area contributed by atoms with Crippen LogP contribution in [0.5, 0.6) is 0 Å². The third-order valence-electron chi connectivity index (χ3n) is 2.30. The van der Waals surface area contributed by atoms with Crippen LogP contribution in [-0.2, 0) is 19.1 Å². The van der Waals surface area contributed by atoms with Gasteiger partial charge in [0.05, 0.1) is 16.7 Å². The van der Waals surface area contributed by atoms with E-state index in [4.69, 9.17) is 14.9 Å². The van der Waals surface area contributed by atoms with Crippen LogP contribution >= 0.6 is 11.8 Å². The van der Waals surface area contributed by atoms with Gasteiger partial charge in [0.25, 0.3) is 0 Å². The number of hydrogen-bond acceptors (Lipinski definition) is 6. The number of carbonyl (C=O) groups excluding carboxylic acids is 2. The van der Waals surface area contributed by atoms with Crippen molar-refractivity contribution >= 4 is 29.6 Å². The topological polar surface area (TPSA) is 104 Å². The molecule has 0 bridgehead atoms. The van der Waals surface area contributed by atoms with Crippen LogP contribution in [0, 0.1) is 0 Å². The third kappa shape index (κ3) is 7.04. The monoisotopic (exact) mass is 349 g/mol. The minimum absolute atomic E-state index is 0.0486. The molecule has 2 heterocycles. The van der Waals surface area contributed by atoms with Crippen LogP contribution in [0.4, 0.5) is 0 Å². The zero-order chi connectivity index (χ0) is 18.6. The summed E-state index contributed by atoms with van der Waals surface area (Å²) in [4.78, 5) is 34.5. The smallest absolute Gasteiger partial charge is 0.353 e. The molecule has 134 valence electrons. The fraction of sp³-hybridized carbons (Fsp3) is 0.667. The summed E-state index contributed by atoms with van der Waals surface area (Å²) in [5.74, 6) is -1.84. The second kappa shape index (κ2) is 13.0. The Labute approximate surface area is 141 Å². The lowest BCUT2D eigenvalue weighted by Gasteiger charge is -2.33. The Bertz CT molecular complexity index is 436. The van der Waals surface area contributed by atoms with E-state index in [1.54, 1.807) is 6.92 Å². The molecule has 0 saturated carbocycles. The van der Waals surface area contributed by atoms with Gasteiger partial charge < -0.3 is 14.9 Å². The number of aliphatic carboxylic acids is 1. The maximum atomic E-state index is 11.2. The van der Waals surface area contributed by atoms with Crippen molar-refractivity contribution in [2.75, 3.05) is 13.2 Å². The molecular weight excluding hydrogens is 322 g/mol. The van der Waals surface area contributed by atoms with Crippen molar-refractivity contribution in [3.8, 4) is 0 Å². The number of aliphatic hydroxyl groups excluding tert-OH is 1. The molecule has 1 atom stereocenters. The van der Waals surface area contributed by atoms with Gasteiger partial charge in [0.1, 0.15) is 12.3 Å². The largest absolute Gasteiger partial charge is 0.477 e. The summed E-state index contributed by atoms with van der Waals surface area (Å²) in [6, 6.07) is 0. The first-order chi connectivity index (χ1) is 10.9. The first-order valence-corrected chi connectivity index (χ1v) is 8.49. The summed E-state index contributed by atoms with van der Waals surface area (Å²) in [6.45, 7) is 11.1. The number of carboxylic acid groups (broad SMARTS) is 1. The first-order valence-electron chi connectivity index (χ1n) is 7.61. The highest BCUT2D eigenvalue weighted by Gasteiger charge is 2.48. The summed E-state index contributed by atoms with van der Waals surface area (Å²) in [5, 5.41) is 16.4. The van der Waals surface area contributed by atoms with Crippen molar-refractivity contribution in [1.82, 2.24) is 4.90 Å². The van der Waals surface area contributed by atoms with Crippen LogP contribution in [0.2, 0.25) is 0 Å². The number of esters is 1. The zero-order valence-corrected chi connectivity index (χ0v) is 15.4. The van der Waals surface area contributed by atoms with Crippen molar-refractivity contribution in [2.24, 2.45) is 0 Å². The van der Waals surface area contributed by atoms with Gasteiger partial charge in [-0.25, -0.2) is 4.79 Å². The van der Waals surface area contributed by atoms with E-state index in [2.05, 4.69) is 0 Å². The van der Waals surface area contributed by atoms with Gasteiger partial charge in [-0.3, -0.25) is 14.5 Å². The maximum absolute atomic E-state index is 11.2. The Morgan fingerprint density at radius 2 is 1.78 bits per heavy atom. The van der Waals surface area contributed by atoms with E-state index in [0.717, 1.165) is 0 Å². The minimum Gasteiger partial charge on any atom is -0.477 e. The Morgan fingerprint density at radius 1 is 1.30 bits per heavy atom. The van der Waals surface area contributed by atoms with Gasteiger partial charge in [0.2, 0.25) is 5.91 Å². The van der Waals surface area contributed by atoms with Crippen LogP contribution in [0.3, 0.4) is 0 Å². The van der Waals surface area contributed by atoms with E-state index in [9.17, 15) is 14.4 Å². The molecule has 2 N–H and O–H groups in total. The SMILES string of the molecule is CC.CC.CC(=O)OCC1=C(C(=O)O)N2C(=O)CC2S1.CCO. The molecule has 0 radical (unpaired) electrons. The normalized spacial score (nSPS) is 17.3. The molecule has 1 saturated heterocycles. The zero-order valence-electron chi connectivity index (χ0n) is 14.6. The molecule has 0 aromatic heterocycles. The number of ether oxygens (including phenoxy) is 1. The second-order valence-electron chi connectivity index (χ2n) is 3.71. The van der Waals surface area contributed by atoms with Crippen LogP contribution in [0.25, 0.3) is 0 Å². The highest BCUT2D eigenvalue weighted by molar-refractivity contribution is 8.04. The van der Waals surface area contributed by atoms with Crippen molar-refractivity contribution in [1.29, 1.82) is 0 Å². The molecule has 0 aromatic rings. The van der Waals surface area contributed by atoms with Gasteiger partial charge in [0.15, 0.2) is 0 Å². The third-order valence-corrected chi connectivity index (χ3v) is 3.54. The lowest BCUT2D eigenvalue weighted by atomic mass is 10.1. The molecule has 1 fully saturated rings. The van der Waals surface area contributed by atoms with E-state index < -0.39 is 11.9 Å². The molecule has 1 unspecified atom stereocenters. The number of nitrogens with zero attached hydrogens (tertiary/aromatic N) is 1. The van der Waals surface area contributed by atoms with E-state index in [-0.39, 0.29) is 30.2 Å². The van der Waals surface area contributed by atoms with E-state index in [1.165, 1.54) is 23.6 Å². The molecule has 2 aliphatic rings. The summed E-state index contributed by atoms with van der Waals surface area (Å²) < 4.78 is 4.75. The standard InChI is InChI=1S/C9H9NO5S.C2H6O.2C2H6/c1-4(11)15-3-5-8(9(13)14)10-6(12)2-7(10)16-5;1-2-3;2*1-2/h7H,2-3H2,1H3,(H,13,14);3H,2H2,1H3;2*1-2H3. The fourth-order valence-electron chi connectivity index (χ4n) is 1.60. The first kappa shape index (κ1) is 23.7. The van der Waals surface area contributed by atoms with Crippen molar-refractivity contribution in [3.63, 3.8) is 0 Å². The van der Waals surface area contributed by atoms with E-state index >= 15 is 0 Å². The molecule has 2 aliphatic heterocycles. The predicted molar refractivity (Wildman–Crippen MR) is 89.6 cm³/mol. The molecule has 2 rings (SSSR count). The molecule has 23 heavy (non-hydrogen) atoms. The lowest BCUT2D eigenvalue weighted by Crippen LogP contribution is -2.48. The van der Waals surface area contributed by atoms with E-state index in [1.807, 2.05) is 27.7 Å². The Hall–Kier alpha value is -1.54. The van der Waals surface area contributed by atoms with E-state index in [0.29, 0.717) is 11.3 Å². The Balaban J connectivity index is 0. The van der Waals surface area contributed by atoms with Crippen LogP contribution in [0.1, 0.15) is 48.0 Å². The number of thioether (sulfide) groups is 1. The molecule has 0 spiro atoms. The van der Waals surface area contributed by atoms with Gasteiger partial charge in [-0.15, -0.1) is 0 Å². The number of aliphatic hydroxyl groups is 1. The molecule has 0 aromatic carbocycles. The van der Waals surface area contributed by atoms with Crippen LogP contribution in [0.15, 0.2) is 10.6 Å². The lowest BCUT2D eigenvalue weighted by molar-refractivity contribution is -0.145. The highest BCUT2D eigenvalue weighted by Crippen LogP contribution is 2.45. The quantitative estimate of drug-likeness (QED) is 0.594. The molecule has 7 nitrogen and oxygen atoms in total. The summed E-state index contributed by atoms with van der Waals surface area (Å²) >= 11 is 1.27. The average molecular weight is 349 g/mol. The van der Waals surface area contributed by atoms with Crippen molar-refractivity contribution in [2.45, 2.75) is 53.3 Å². The van der Waals surface area contributed by atoms with Crippen LogP contribution in [-0.4, -0.2) is 51.5 Å². The summed E-state index contributed by atoms with van der Waals surface area (Å²) in [7, 11) is 0. The van der Waals surface area contributed by atoms with Crippen molar-refractivity contribution < 1.29 is 29.3 Å². The number of rotatable bonds is 3. The fourth-order valence-corrected chi connectivity index (χ4v) is 2.90. The van der Waals surface area contributed by atoms with Gasteiger partial charge in [-0.1, -0.05) is 39.5 Å².